The third-order valence-electron chi connectivity index (χ3n) is 3.69. The summed E-state index contributed by atoms with van der Waals surface area (Å²) in [5.41, 5.74) is 2.78. The molecule has 2 aliphatic carbocycles. The molecule has 1 fully saturated rings. The van der Waals surface area contributed by atoms with Gasteiger partial charge in [0.05, 0.1) is 0 Å². The number of carbonyl (C=O) groups is 1. The van der Waals surface area contributed by atoms with Gasteiger partial charge in [0.2, 0.25) is 0 Å². The van der Waals surface area contributed by atoms with Gasteiger partial charge in [0.1, 0.15) is 0 Å². The first kappa shape index (κ1) is 9.95. The van der Waals surface area contributed by atoms with E-state index in [0.29, 0.717) is 5.78 Å². The summed E-state index contributed by atoms with van der Waals surface area (Å²) in [5, 5.41) is 0. The van der Waals surface area contributed by atoms with E-state index in [1.54, 1.807) is 5.57 Å². The molecular weight excluding hydrogens is 172 g/mol. The molecule has 2 rings (SSSR count). The molecule has 0 saturated heterocycles. The van der Waals surface area contributed by atoms with Crippen LogP contribution in [0.1, 0.15) is 58.3 Å². The van der Waals surface area contributed by atoms with Crippen LogP contribution in [0.25, 0.3) is 0 Å². The Morgan fingerprint density at radius 1 is 1.21 bits per heavy atom. The van der Waals surface area contributed by atoms with E-state index in [-0.39, 0.29) is 0 Å². The summed E-state index contributed by atoms with van der Waals surface area (Å²) < 4.78 is 0. The zero-order chi connectivity index (χ0) is 9.97. The lowest BCUT2D eigenvalue weighted by Gasteiger charge is -2.31. The van der Waals surface area contributed by atoms with Gasteiger partial charge in [-0.25, -0.2) is 0 Å². The van der Waals surface area contributed by atoms with Crippen molar-refractivity contribution in [1.29, 1.82) is 0 Å². The number of Topliss-reactive ketones (excluding diaryl/α,β-unsaturated/α-hetero) is 1. The predicted octanol–water partition coefficient (Wildman–Crippen LogP) is 3.64. The zero-order valence-electron chi connectivity index (χ0n) is 9.14. The van der Waals surface area contributed by atoms with Crippen molar-refractivity contribution >= 4 is 5.78 Å². The van der Waals surface area contributed by atoms with Crippen molar-refractivity contribution in [1.82, 2.24) is 0 Å². The Morgan fingerprint density at radius 3 is 2.86 bits per heavy atom. The van der Waals surface area contributed by atoms with Crippen LogP contribution in [0.5, 0.6) is 0 Å². The van der Waals surface area contributed by atoms with Gasteiger partial charge < -0.3 is 0 Å². The fourth-order valence-corrected chi connectivity index (χ4v) is 2.99. The van der Waals surface area contributed by atoms with Gasteiger partial charge >= 0.3 is 0 Å². The minimum atomic E-state index is 0.458. The zero-order valence-corrected chi connectivity index (χ0v) is 9.14. The molecule has 0 bridgehead atoms. The second kappa shape index (κ2) is 4.29. The third-order valence-corrected chi connectivity index (χ3v) is 3.69. The smallest absolute Gasteiger partial charge is 0.158 e. The Bertz CT molecular complexity index is 262. The van der Waals surface area contributed by atoms with Gasteiger partial charge in [0.25, 0.3) is 0 Å². The number of carbonyl (C=O) groups excluding carboxylic acids is 1. The van der Waals surface area contributed by atoms with Crippen molar-refractivity contribution in [2.24, 2.45) is 5.92 Å². The SMILES string of the molecule is CCCC1=C2CCCCC2CCC1=O. The predicted molar refractivity (Wildman–Crippen MR) is 58.1 cm³/mol. The standard InChI is InChI=1S/C13H20O/c1-2-5-12-11-7-4-3-6-10(11)8-9-13(12)14/h10H,2-9H2,1H3. The molecule has 0 aromatic carbocycles. The molecule has 0 aromatic heterocycles. The first-order valence-electron chi connectivity index (χ1n) is 6.08. The Hall–Kier alpha value is -0.590. The van der Waals surface area contributed by atoms with Crippen molar-refractivity contribution in [3.05, 3.63) is 11.1 Å². The van der Waals surface area contributed by atoms with Crippen molar-refractivity contribution in [2.45, 2.75) is 58.3 Å². The summed E-state index contributed by atoms with van der Waals surface area (Å²) in [5.74, 6) is 1.24. The highest BCUT2D eigenvalue weighted by molar-refractivity contribution is 5.97. The number of allylic oxidation sites excluding steroid dienone is 2. The molecule has 0 aliphatic heterocycles. The molecule has 1 saturated carbocycles. The van der Waals surface area contributed by atoms with Gasteiger partial charge in [0, 0.05) is 6.42 Å². The maximum Gasteiger partial charge on any atom is 0.158 e. The van der Waals surface area contributed by atoms with Crippen LogP contribution in [-0.2, 0) is 4.79 Å². The molecule has 1 nitrogen and oxygen atoms in total. The van der Waals surface area contributed by atoms with Gasteiger partial charge in [-0.1, -0.05) is 25.3 Å². The highest BCUT2D eigenvalue weighted by atomic mass is 16.1. The van der Waals surface area contributed by atoms with E-state index in [1.807, 2.05) is 0 Å². The van der Waals surface area contributed by atoms with Crippen molar-refractivity contribution in [3.63, 3.8) is 0 Å². The van der Waals surface area contributed by atoms with E-state index < -0.39 is 0 Å². The fraction of sp³-hybridized carbons (Fsp3) is 0.769. The Kier molecular flexibility index (Phi) is 3.05. The van der Waals surface area contributed by atoms with Gasteiger partial charge in [-0.05, 0) is 43.6 Å². The maximum atomic E-state index is 11.8. The summed E-state index contributed by atoms with van der Waals surface area (Å²) in [6.07, 6.45) is 9.36. The summed E-state index contributed by atoms with van der Waals surface area (Å²) >= 11 is 0. The molecule has 1 heteroatoms. The van der Waals surface area contributed by atoms with Gasteiger partial charge in [-0.3, -0.25) is 4.79 Å². The van der Waals surface area contributed by atoms with Crippen LogP contribution in [0.2, 0.25) is 0 Å². The number of fused-ring (bicyclic) bond motifs is 1. The molecule has 0 aromatic rings. The highest BCUT2D eigenvalue weighted by Gasteiger charge is 2.29. The first-order valence-corrected chi connectivity index (χ1v) is 6.08. The number of hydrogen-bond donors (Lipinski definition) is 0. The second-order valence-corrected chi connectivity index (χ2v) is 4.66. The molecule has 0 radical (unpaired) electrons. The molecular formula is C13H20O. The van der Waals surface area contributed by atoms with Gasteiger partial charge in [0.15, 0.2) is 5.78 Å². The van der Waals surface area contributed by atoms with Crippen LogP contribution in [-0.4, -0.2) is 5.78 Å². The summed E-state index contributed by atoms with van der Waals surface area (Å²) in [6.45, 7) is 2.17. The summed E-state index contributed by atoms with van der Waals surface area (Å²) in [4.78, 5) is 11.8. The number of ketones is 1. The maximum absolute atomic E-state index is 11.8. The molecule has 0 N–H and O–H groups in total. The Balaban J connectivity index is 2.25. The highest BCUT2D eigenvalue weighted by Crippen LogP contribution is 2.39. The van der Waals surface area contributed by atoms with Gasteiger partial charge in [-0.15, -0.1) is 0 Å². The lowest BCUT2D eigenvalue weighted by Crippen LogP contribution is -2.22. The average Bonchev–Trinajstić information content (AvgIpc) is 2.23. The molecule has 1 atom stereocenters. The first-order chi connectivity index (χ1) is 6.83. The minimum absolute atomic E-state index is 0.458. The van der Waals surface area contributed by atoms with Gasteiger partial charge in [-0.2, -0.15) is 0 Å². The van der Waals surface area contributed by atoms with Crippen LogP contribution in [0, 0.1) is 5.92 Å². The van der Waals surface area contributed by atoms with E-state index in [0.717, 1.165) is 31.6 Å². The summed E-state index contributed by atoms with van der Waals surface area (Å²) in [7, 11) is 0. The topological polar surface area (TPSA) is 17.1 Å². The molecule has 0 amide bonds. The van der Waals surface area contributed by atoms with Crippen LogP contribution in [0.3, 0.4) is 0 Å². The van der Waals surface area contributed by atoms with Crippen molar-refractivity contribution < 1.29 is 4.79 Å². The quantitative estimate of drug-likeness (QED) is 0.653. The van der Waals surface area contributed by atoms with E-state index in [2.05, 4.69) is 6.92 Å². The third kappa shape index (κ3) is 1.77. The monoisotopic (exact) mass is 192 g/mol. The molecule has 1 unspecified atom stereocenters. The number of rotatable bonds is 2. The van der Waals surface area contributed by atoms with E-state index >= 15 is 0 Å². The average molecular weight is 192 g/mol. The number of hydrogen-bond acceptors (Lipinski definition) is 1. The van der Waals surface area contributed by atoms with Crippen molar-refractivity contribution in [3.8, 4) is 0 Å². The summed E-state index contributed by atoms with van der Waals surface area (Å²) in [6, 6.07) is 0. The second-order valence-electron chi connectivity index (χ2n) is 4.66. The van der Waals surface area contributed by atoms with Crippen LogP contribution >= 0.6 is 0 Å². The molecule has 14 heavy (non-hydrogen) atoms. The van der Waals surface area contributed by atoms with E-state index in [1.165, 1.54) is 31.3 Å². The molecule has 78 valence electrons. The Morgan fingerprint density at radius 2 is 2.07 bits per heavy atom. The lowest BCUT2D eigenvalue weighted by molar-refractivity contribution is -0.116. The molecule has 0 spiro atoms. The van der Waals surface area contributed by atoms with E-state index in [9.17, 15) is 4.79 Å². The normalized spacial score (nSPS) is 27.8. The largest absolute Gasteiger partial charge is 0.295 e. The van der Waals surface area contributed by atoms with Crippen molar-refractivity contribution in [2.75, 3.05) is 0 Å². The van der Waals surface area contributed by atoms with Crippen LogP contribution < -0.4 is 0 Å². The lowest BCUT2D eigenvalue weighted by atomic mass is 9.73. The minimum Gasteiger partial charge on any atom is -0.295 e. The van der Waals surface area contributed by atoms with Crippen LogP contribution in [0.15, 0.2) is 11.1 Å². The van der Waals surface area contributed by atoms with Crippen LogP contribution in [0.4, 0.5) is 0 Å². The fourth-order valence-electron chi connectivity index (χ4n) is 2.99. The Labute approximate surface area is 86.6 Å². The molecule has 0 heterocycles. The molecule has 2 aliphatic rings. The van der Waals surface area contributed by atoms with E-state index in [4.69, 9.17) is 0 Å².